The molecule has 0 saturated carbocycles. The van der Waals surface area contributed by atoms with E-state index >= 15 is 0 Å². The van der Waals surface area contributed by atoms with Crippen LogP contribution < -0.4 is 5.32 Å². The minimum atomic E-state index is -0.749. The van der Waals surface area contributed by atoms with Gasteiger partial charge in [-0.25, -0.2) is 0 Å². The van der Waals surface area contributed by atoms with Crippen LogP contribution in [0.4, 0.5) is 0 Å². The van der Waals surface area contributed by atoms with Crippen LogP contribution in [0, 0.1) is 5.41 Å². The largest absolute Gasteiger partial charge is 0.480 e. The van der Waals surface area contributed by atoms with Crippen molar-refractivity contribution in [2.24, 2.45) is 5.41 Å². The van der Waals surface area contributed by atoms with Gasteiger partial charge in [-0.05, 0) is 19.4 Å². The molecule has 1 saturated heterocycles. The molecule has 0 spiro atoms. The number of likely N-dealkylation sites (N-methyl/N-ethyl adjacent to an activating group) is 1. The van der Waals surface area contributed by atoms with Crippen molar-refractivity contribution >= 4 is 5.97 Å². The van der Waals surface area contributed by atoms with Crippen molar-refractivity contribution in [1.29, 1.82) is 0 Å². The van der Waals surface area contributed by atoms with E-state index in [-0.39, 0.29) is 0 Å². The van der Waals surface area contributed by atoms with Crippen LogP contribution in [0.5, 0.6) is 0 Å². The highest BCUT2D eigenvalue weighted by Crippen LogP contribution is 2.40. The van der Waals surface area contributed by atoms with Gasteiger partial charge in [-0.15, -0.1) is 0 Å². The van der Waals surface area contributed by atoms with Gasteiger partial charge < -0.3 is 10.4 Å². The molecule has 2 rings (SSSR count). The van der Waals surface area contributed by atoms with Crippen molar-refractivity contribution in [3.8, 4) is 0 Å². The number of carboxylic acid groups (broad SMARTS) is 1. The number of piperazine rings is 1. The zero-order chi connectivity index (χ0) is 12.5. The van der Waals surface area contributed by atoms with Crippen LogP contribution in [0.2, 0.25) is 0 Å². The van der Waals surface area contributed by atoms with E-state index in [1.807, 2.05) is 25.2 Å². The first-order valence-electron chi connectivity index (χ1n) is 6.16. The topological polar surface area (TPSA) is 49.3 Å². The lowest BCUT2D eigenvalue weighted by atomic mass is 9.78. The molecule has 0 amide bonds. The average molecular weight is 237 g/mol. The van der Waals surface area contributed by atoms with Crippen molar-refractivity contribution in [3.63, 3.8) is 0 Å². The Bertz CT molecular complexity index is 381. The lowest BCUT2D eigenvalue weighted by molar-refractivity contribution is -0.879. The number of allylic oxidation sites excluding steroid dienone is 3. The highest BCUT2D eigenvalue weighted by molar-refractivity contribution is 5.78. The third-order valence-corrected chi connectivity index (χ3v) is 4.10. The molecule has 0 bridgehead atoms. The number of hydrogen-bond donors (Lipinski definition) is 2. The molecule has 1 atom stereocenters. The second-order valence-corrected chi connectivity index (χ2v) is 5.41. The molecule has 4 heteroatoms. The van der Waals surface area contributed by atoms with Crippen molar-refractivity contribution in [2.75, 3.05) is 33.2 Å². The summed E-state index contributed by atoms with van der Waals surface area (Å²) in [6.45, 7) is 5.67. The summed E-state index contributed by atoms with van der Waals surface area (Å²) in [7, 11) is 2.15. The van der Waals surface area contributed by atoms with Crippen LogP contribution in [0.3, 0.4) is 0 Å². The van der Waals surface area contributed by atoms with Crippen LogP contribution in [-0.2, 0) is 4.79 Å². The molecule has 1 aliphatic heterocycles. The molecule has 0 aromatic heterocycles. The molecule has 94 valence electrons. The molecule has 1 fully saturated rings. The normalized spacial score (nSPS) is 32.0. The zero-order valence-corrected chi connectivity index (χ0v) is 10.6. The van der Waals surface area contributed by atoms with Crippen LogP contribution >= 0.6 is 0 Å². The van der Waals surface area contributed by atoms with E-state index in [0.29, 0.717) is 6.42 Å². The first kappa shape index (κ1) is 12.3. The Morgan fingerprint density at radius 3 is 2.71 bits per heavy atom. The first-order chi connectivity index (χ1) is 7.99. The van der Waals surface area contributed by atoms with Gasteiger partial charge in [0.2, 0.25) is 0 Å². The first-order valence-corrected chi connectivity index (χ1v) is 6.16. The fourth-order valence-corrected chi connectivity index (χ4v) is 2.85. The fourth-order valence-electron chi connectivity index (χ4n) is 2.85. The van der Waals surface area contributed by atoms with E-state index in [2.05, 4.69) is 12.4 Å². The number of nitrogens with one attached hydrogen (secondary N) is 1. The summed E-state index contributed by atoms with van der Waals surface area (Å²) in [5.41, 5.74) is 0.287. The monoisotopic (exact) mass is 237 g/mol. The SMILES string of the molecule is CC1(C(=O)O)CC=CC=C1[N+]1(C)CCNCC1. The third-order valence-electron chi connectivity index (χ3n) is 4.10. The molecule has 0 aromatic rings. The van der Waals surface area contributed by atoms with Gasteiger partial charge >= 0.3 is 5.97 Å². The maximum atomic E-state index is 11.6. The lowest BCUT2D eigenvalue weighted by Crippen LogP contribution is -2.59. The van der Waals surface area contributed by atoms with Crippen molar-refractivity contribution < 1.29 is 14.4 Å². The third kappa shape index (κ3) is 2.03. The second kappa shape index (κ2) is 4.27. The van der Waals surface area contributed by atoms with Gasteiger partial charge in [-0.2, -0.15) is 0 Å². The molecule has 4 nitrogen and oxygen atoms in total. The van der Waals surface area contributed by atoms with E-state index in [1.165, 1.54) is 0 Å². The predicted octanol–water partition coefficient (Wildman–Crippen LogP) is 0.971. The Labute approximate surface area is 102 Å². The van der Waals surface area contributed by atoms with Gasteiger partial charge in [0.25, 0.3) is 0 Å². The van der Waals surface area contributed by atoms with Gasteiger partial charge in [0.05, 0.1) is 20.1 Å². The summed E-state index contributed by atoms with van der Waals surface area (Å²) < 4.78 is 0.750. The van der Waals surface area contributed by atoms with Crippen LogP contribution in [0.15, 0.2) is 23.9 Å². The number of quaternary nitrogens is 1. The Kier molecular flexibility index (Phi) is 3.10. The Morgan fingerprint density at radius 1 is 1.47 bits per heavy atom. The quantitative estimate of drug-likeness (QED) is 0.704. The minimum Gasteiger partial charge on any atom is -0.480 e. The molecule has 1 unspecified atom stereocenters. The van der Waals surface area contributed by atoms with E-state index in [9.17, 15) is 9.90 Å². The minimum absolute atomic E-state index is 0.593. The van der Waals surface area contributed by atoms with Gasteiger partial charge in [-0.1, -0.05) is 12.2 Å². The number of aliphatic carboxylic acids is 1. The summed E-state index contributed by atoms with van der Waals surface area (Å²) in [4.78, 5) is 11.6. The molecular weight excluding hydrogens is 216 g/mol. The van der Waals surface area contributed by atoms with Gasteiger partial charge in [-0.3, -0.25) is 9.28 Å². The maximum Gasteiger partial charge on any atom is 0.319 e. The number of rotatable bonds is 2. The molecule has 0 aromatic carbocycles. The summed E-state index contributed by atoms with van der Waals surface area (Å²) in [6, 6.07) is 0. The van der Waals surface area contributed by atoms with Crippen LogP contribution in [0.25, 0.3) is 0 Å². The van der Waals surface area contributed by atoms with E-state index in [4.69, 9.17) is 0 Å². The van der Waals surface area contributed by atoms with Crippen LogP contribution in [0.1, 0.15) is 13.3 Å². The Hall–Kier alpha value is -1.13. The number of hydrogen-bond acceptors (Lipinski definition) is 2. The molecule has 2 aliphatic rings. The smallest absolute Gasteiger partial charge is 0.319 e. The fraction of sp³-hybridized carbons (Fsp3) is 0.615. The molecule has 2 N–H and O–H groups in total. The molecule has 1 heterocycles. The standard InChI is InChI=1S/C13H20N2O2/c1-13(12(16)17)6-4-3-5-11(13)15(2)9-7-14-8-10-15/h3-5,14H,6-10H2,1-2H3/p+1. The lowest BCUT2D eigenvalue weighted by Gasteiger charge is -2.45. The number of carboxylic acids is 1. The summed E-state index contributed by atoms with van der Waals surface area (Å²) in [5, 5.41) is 12.8. The Balaban J connectivity index is 2.36. The highest BCUT2D eigenvalue weighted by Gasteiger charge is 2.47. The van der Waals surface area contributed by atoms with Crippen LogP contribution in [-0.4, -0.2) is 48.8 Å². The zero-order valence-electron chi connectivity index (χ0n) is 10.6. The average Bonchev–Trinajstić information content (AvgIpc) is 2.30. The summed E-state index contributed by atoms with van der Waals surface area (Å²) in [5.74, 6) is -0.717. The van der Waals surface area contributed by atoms with E-state index in [1.54, 1.807) is 0 Å². The second-order valence-electron chi connectivity index (χ2n) is 5.41. The summed E-state index contributed by atoms with van der Waals surface area (Å²) in [6.07, 6.45) is 6.54. The molecule has 0 radical (unpaired) electrons. The molecule has 1 aliphatic carbocycles. The van der Waals surface area contributed by atoms with Crippen molar-refractivity contribution in [1.82, 2.24) is 5.32 Å². The summed E-state index contributed by atoms with van der Waals surface area (Å²) >= 11 is 0. The van der Waals surface area contributed by atoms with Gasteiger partial charge in [0.15, 0.2) is 0 Å². The number of nitrogens with zero attached hydrogens (tertiary/aromatic N) is 1. The highest BCUT2D eigenvalue weighted by atomic mass is 16.4. The molecule has 17 heavy (non-hydrogen) atoms. The van der Waals surface area contributed by atoms with Gasteiger partial charge in [0.1, 0.15) is 11.1 Å². The van der Waals surface area contributed by atoms with E-state index < -0.39 is 11.4 Å². The Morgan fingerprint density at radius 2 is 2.12 bits per heavy atom. The molecular formula is C13H21N2O2+. The maximum absolute atomic E-state index is 11.6. The van der Waals surface area contributed by atoms with Crippen molar-refractivity contribution in [3.05, 3.63) is 23.9 Å². The predicted molar refractivity (Wildman–Crippen MR) is 66.4 cm³/mol. The number of carbonyl (C=O) groups is 1. The van der Waals surface area contributed by atoms with E-state index in [0.717, 1.165) is 36.4 Å². The van der Waals surface area contributed by atoms with Gasteiger partial charge in [0, 0.05) is 13.1 Å². The van der Waals surface area contributed by atoms with Crippen molar-refractivity contribution in [2.45, 2.75) is 13.3 Å².